The van der Waals surface area contributed by atoms with Gasteiger partial charge in [-0.3, -0.25) is 0 Å². The van der Waals surface area contributed by atoms with Crippen molar-refractivity contribution in [1.82, 2.24) is 0 Å². The van der Waals surface area contributed by atoms with Gasteiger partial charge in [0, 0.05) is 12.9 Å². The second-order valence-electron chi connectivity index (χ2n) is 7.43. The van der Waals surface area contributed by atoms with E-state index >= 15 is 0 Å². The Bertz CT molecular complexity index is 327. The number of unbranched alkanes of at least 4 members (excludes halogenated alkanes) is 11. The smallest absolute Gasteiger partial charge is 0.111 e. The molecule has 0 aromatic rings. The number of ether oxygens (including phenoxy) is 2. The maximum Gasteiger partial charge on any atom is 0.111 e. The molecule has 0 amide bonds. The highest BCUT2D eigenvalue weighted by Gasteiger charge is 2.40. The minimum absolute atomic E-state index is 0.373. The van der Waals surface area contributed by atoms with Gasteiger partial charge in [0.05, 0.1) is 12.7 Å². The summed E-state index contributed by atoms with van der Waals surface area (Å²) in [6.45, 7) is 2.12. The van der Waals surface area contributed by atoms with Crippen LogP contribution in [0.5, 0.6) is 0 Å². The fourth-order valence-electron chi connectivity index (χ4n) is 3.40. The van der Waals surface area contributed by atoms with Crippen molar-refractivity contribution in [2.45, 2.75) is 115 Å². The van der Waals surface area contributed by atoms with E-state index in [0.717, 1.165) is 19.3 Å². The van der Waals surface area contributed by atoms with E-state index in [1.807, 2.05) is 0 Å². The maximum absolute atomic E-state index is 11.8. The van der Waals surface area contributed by atoms with Crippen molar-refractivity contribution in [3.63, 3.8) is 0 Å². The molecule has 5 atom stereocenters. The SMILES string of the molecule is CCCCCCCCCCCCCCO[C@@H]1[C@@H](O)[C@H](O)[C@@H](CO)O[C@@H]1[O-]. The summed E-state index contributed by atoms with van der Waals surface area (Å²) in [7, 11) is 0. The molecule has 0 saturated carbocycles. The minimum atomic E-state index is -1.58. The van der Waals surface area contributed by atoms with Crippen molar-refractivity contribution in [2.24, 2.45) is 0 Å². The molecule has 1 saturated heterocycles. The Hall–Kier alpha value is -0.240. The molecular formula is C20H39O6-. The lowest BCUT2D eigenvalue weighted by molar-refractivity contribution is -0.534. The van der Waals surface area contributed by atoms with Crippen molar-refractivity contribution in [3.8, 4) is 0 Å². The summed E-state index contributed by atoms with van der Waals surface area (Å²) in [4.78, 5) is 0. The summed E-state index contributed by atoms with van der Waals surface area (Å²) in [5, 5.41) is 40.5. The van der Waals surface area contributed by atoms with Gasteiger partial charge in [0.15, 0.2) is 0 Å². The Labute approximate surface area is 158 Å². The predicted octanol–water partition coefficient (Wildman–Crippen LogP) is 1.87. The van der Waals surface area contributed by atoms with Gasteiger partial charge in [0.2, 0.25) is 0 Å². The predicted molar refractivity (Wildman–Crippen MR) is 98.6 cm³/mol. The standard InChI is InChI=1S/C20H39O6/c1-2-3-4-5-6-7-8-9-10-11-12-13-14-25-19-18(23)17(22)16(15-21)26-20(19)24/h16-23H,2-15H2,1H3/q-1/t16-,17-,18+,19-,20+/m1/s1. The molecule has 156 valence electrons. The van der Waals surface area contributed by atoms with E-state index in [1.54, 1.807) is 0 Å². The van der Waals surface area contributed by atoms with Crippen LogP contribution in [-0.4, -0.2) is 59.2 Å². The second kappa shape index (κ2) is 14.8. The third kappa shape index (κ3) is 9.11. The fraction of sp³-hybridized carbons (Fsp3) is 1.00. The Balaban J connectivity index is 1.96. The molecular weight excluding hydrogens is 336 g/mol. The zero-order valence-electron chi connectivity index (χ0n) is 16.4. The van der Waals surface area contributed by atoms with E-state index in [4.69, 9.17) is 14.6 Å². The highest BCUT2D eigenvalue weighted by Crippen LogP contribution is 2.21. The Morgan fingerprint density at radius 1 is 0.808 bits per heavy atom. The van der Waals surface area contributed by atoms with E-state index in [1.165, 1.54) is 57.8 Å². The molecule has 0 aromatic heterocycles. The lowest BCUT2D eigenvalue weighted by Crippen LogP contribution is -2.63. The molecule has 1 rings (SSSR count). The molecule has 6 heteroatoms. The maximum atomic E-state index is 11.8. The molecule has 0 radical (unpaired) electrons. The molecule has 0 spiro atoms. The van der Waals surface area contributed by atoms with Crippen molar-refractivity contribution < 1.29 is 29.9 Å². The first kappa shape index (κ1) is 23.8. The average Bonchev–Trinajstić information content (AvgIpc) is 2.64. The van der Waals surface area contributed by atoms with E-state index in [0.29, 0.717) is 6.61 Å². The van der Waals surface area contributed by atoms with Gasteiger partial charge in [-0.05, 0) is 6.42 Å². The normalized spacial score (nSPS) is 29.2. The lowest BCUT2D eigenvalue weighted by atomic mass is 9.99. The van der Waals surface area contributed by atoms with E-state index < -0.39 is 37.3 Å². The van der Waals surface area contributed by atoms with Crippen LogP contribution in [0.3, 0.4) is 0 Å². The summed E-state index contributed by atoms with van der Waals surface area (Å²) in [6.07, 6.45) is 8.62. The van der Waals surface area contributed by atoms with Crippen molar-refractivity contribution in [1.29, 1.82) is 0 Å². The van der Waals surface area contributed by atoms with Crippen LogP contribution in [0.4, 0.5) is 0 Å². The summed E-state index contributed by atoms with van der Waals surface area (Å²) in [5.41, 5.74) is 0. The number of aliphatic hydroxyl groups is 3. The van der Waals surface area contributed by atoms with Gasteiger partial charge >= 0.3 is 0 Å². The summed E-state index contributed by atoms with van der Waals surface area (Å²) in [5.74, 6) is 0. The average molecular weight is 376 g/mol. The van der Waals surface area contributed by atoms with Crippen LogP contribution in [0.15, 0.2) is 0 Å². The third-order valence-electron chi connectivity index (χ3n) is 5.13. The monoisotopic (exact) mass is 375 g/mol. The molecule has 3 N–H and O–H groups in total. The molecule has 6 nitrogen and oxygen atoms in total. The zero-order chi connectivity index (χ0) is 19.2. The van der Waals surface area contributed by atoms with Crippen molar-refractivity contribution in [2.75, 3.05) is 13.2 Å². The first-order valence-electron chi connectivity index (χ1n) is 10.5. The van der Waals surface area contributed by atoms with E-state index in [9.17, 15) is 15.3 Å². The summed E-state index contributed by atoms with van der Waals surface area (Å²) in [6, 6.07) is 0. The molecule has 1 fully saturated rings. The highest BCUT2D eigenvalue weighted by atomic mass is 16.7. The van der Waals surface area contributed by atoms with Crippen LogP contribution in [0, 0.1) is 0 Å². The van der Waals surface area contributed by atoms with Gasteiger partial charge in [0.1, 0.15) is 18.3 Å². The lowest BCUT2D eigenvalue weighted by Gasteiger charge is -2.45. The van der Waals surface area contributed by atoms with Crippen LogP contribution in [0.2, 0.25) is 0 Å². The van der Waals surface area contributed by atoms with Gasteiger partial charge in [-0.25, -0.2) is 0 Å². The topological polar surface area (TPSA) is 102 Å². The number of hydrogen-bond donors (Lipinski definition) is 3. The molecule has 0 aliphatic carbocycles. The van der Waals surface area contributed by atoms with E-state index in [2.05, 4.69) is 6.92 Å². The molecule has 0 bridgehead atoms. The molecule has 1 aliphatic heterocycles. The molecule has 1 heterocycles. The Morgan fingerprint density at radius 3 is 1.81 bits per heavy atom. The van der Waals surface area contributed by atoms with Crippen LogP contribution in [0.1, 0.15) is 84.0 Å². The van der Waals surface area contributed by atoms with Crippen molar-refractivity contribution in [3.05, 3.63) is 0 Å². The molecule has 0 aromatic carbocycles. The highest BCUT2D eigenvalue weighted by molar-refractivity contribution is 4.88. The summed E-state index contributed by atoms with van der Waals surface area (Å²) >= 11 is 0. The van der Waals surface area contributed by atoms with E-state index in [-0.39, 0.29) is 0 Å². The first-order valence-corrected chi connectivity index (χ1v) is 10.5. The summed E-state index contributed by atoms with van der Waals surface area (Å²) < 4.78 is 10.4. The second-order valence-corrected chi connectivity index (χ2v) is 7.43. The molecule has 0 unspecified atom stereocenters. The van der Waals surface area contributed by atoms with Gasteiger partial charge in [-0.1, -0.05) is 77.6 Å². The fourth-order valence-corrected chi connectivity index (χ4v) is 3.40. The largest absolute Gasteiger partial charge is 0.829 e. The van der Waals surface area contributed by atoms with Crippen molar-refractivity contribution >= 4 is 0 Å². The van der Waals surface area contributed by atoms with Gasteiger partial charge in [-0.2, -0.15) is 0 Å². The Morgan fingerprint density at radius 2 is 1.31 bits per heavy atom. The molecule has 26 heavy (non-hydrogen) atoms. The zero-order valence-corrected chi connectivity index (χ0v) is 16.4. The first-order chi connectivity index (χ1) is 12.6. The van der Waals surface area contributed by atoms with Crippen LogP contribution in [-0.2, 0) is 9.47 Å². The number of aliphatic hydroxyl groups excluding tert-OH is 3. The number of hydrogen-bond acceptors (Lipinski definition) is 6. The Kier molecular flexibility index (Phi) is 13.5. The number of rotatable bonds is 15. The van der Waals surface area contributed by atoms with Crippen LogP contribution < -0.4 is 5.11 Å². The molecule has 1 aliphatic rings. The van der Waals surface area contributed by atoms with Gasteiger partial charge < -0.3 is 29.9 Å². The van der Waals surface area contributed by atoms with Gasteiger partial charge in [0.25, 0.3) is 0 Å². The van der Waals surface area contributed by atoms with Gasteiger partial charge in [-0.15, -0.1) is 0 Å². The van der Waals surface area contributed by atoms with Crippen LogP contribution >= 0.6 is 0 Å². The minimum Gasteiger partial charge on any atom is -0.829 e. The van der Waals surface area contributed by atoms with Crippen LogP contribution in [0.25, 0.3) is 0 Å². The third-order valence-corrected chi connectivity index (χ3v) is 5.13. The quantitative estimate of drug-likeness (QED) is 0.378.